The van der Waals surface area contributed by atoms with E-state index in [1.54, 1.807) is 18.5 Å². The second-order valence-electron chi connectivity index (χ2n) is 7.99. The molecule has 0 aliphatic rings. The number of rotatable bonds is 4. The van der Waals surface area contributed by atoms with E-state index in [9.17, 15) is 22.4 Å². The fourth-order valence-electron chi connectivity index (χ4n) is 3.42. The molecule has 13 heteroatoms. The zero-order valence-electron chi connectivity index (χ0n) is 19.9. The number of carbonyl (C=O) groups excluding carboxylic acids is 1. The Hall–Kier alpha value is -5.33. The van der Waals surface area contributed by atoms with E-state index in [0.717, 1.165) is 29.1 Å². The maximum Gasteiger partial charge on any atom is 0.244 e. The molecule has 4 aromatic heterocycles. The van der Waals surface area contributed by atoms with Crippen LogP contribution in [0, 0.1) is 23.3 Å². The van der Waals surface area contributed by atoms with Crippen LogP contribution in [0.1, 0.15) is 11.7 Å². The van der Waals surface area contributed by atoms with Crippen LogP contribution in [0.25, 0.3) is 21.8 Å². The summed E-state index contributed by atoms with van der Waals surface area (Å²) < 4.78 is 64.2. The molecule has 0 aliphatic carbocycles. The molecule has 9 nitrogen and oxygen atoms in total. The normalized spacial score (nSPS) is 10.8. The SMILES string of the molecule is CC(=O)n1ncc2cnc(Oc3ccc(F)cc3F)cc21.Fc1ccc(Oc2cc3[nH]ncc3cn2)c(F)c1. The molecule has 0 radical (unpaired) electrons. The monoisotopic (exact) mass is 536 g/mol. The van der Waals surface area contributed by atoms with Crippen molar-refractivity contribution in [3.63, 3.8) is 0 Å². The lowest BCUT2D eigenvalue weighted by Crippen LogP contribution is -2.06. The van der Waals surface area contributed by atoms with Crippen molar-refractivity contribution in [2.45, 2.75) is 6.92 Å². The van der Waals surface area contributed by atoms with Gasteiger partial charge < -0.3 is 9.47 Å². The van der Waals surface area contributed by atoms with E-state index in [1.165, 1.54) is 42.2 Å². The predicted octanol–water partition coefficient (Wildman–Crippen LogP) is 6.19. The summed E-state index contributed by atoms with van der Waals surface area (Å²) in [4.78, 5) is 19.4. The number of nitrogens with zero attached hydrogens (tertiary/aromatic N) is 5. The van der Waals surface area contributed by atoms with Gasteiger partial charge >= 0.3 is 0 Å². The molecule has 0 atom stereocenters. The molecule has 196 valence electrons. The zero-order valence-corrected chi connectivity index (χ0v) is 19.9. The Kier molecular flexibility index (Phi) is 6.87. The number of fused-ring (bicyclic) bond motifs is 2. The minimum atomic E-state index is -0.836. The van der Waals surface area contributed by atoms with Crippen molar-refractivity contribution in [2.75, 3.05) is 0 Å². The highest BCUT2D eigenvalue weighted by Crippen LogP contribution is 2.27. The number of hydrogen-bond donors (Lipinski definition) is 1. The number of pyridine rings is 2. The molecule has 6 rings (SSSR count). The van der Waals surface area contributed by atoms with Crippen LogP contribution in [0.4, 0.5) is 17.6 Å². The number of aromatic nitrogens is 6. The van der Waals surface area contributed by atoms with Gasteiger partial charge in [0, 0.05) is 54.4 Å². The van der Waals surface area contributed by atoms with Crippen LogP contribution in [0.5, 0.6) is 23.3 Å². The minimum Gasteiger partial charge on any atom is -0.436 e. The van der Waals surface area contributed by atoms with E-state index in [1.807, 2.05) is 0 Å². The molecule has 0 bridgehead atoms. The molecule has 39 heavy (non-hydrogen) atoms. The van der Waals surface area contributed by atoms with Crippen LogP contribution >= 0.6 is 0 Å². The predicted molar refractivity (Wildman–Crippen MR) is 131 cm³/mol. The lowest BCUT2D eigenvalue weighted by molar-refractivity contribution is 0.0926. The number of nitrogens with one attached hydrogen (secondary N) is 1. The highest BCUT2D eigenvalue weighted by atomic mass is 19.1. The van der Waals surface area contributed by atoms with Gasteiger partial charge in [0.1, 0.15) is 11.6 Å². The summed E-state index contributed by atoms with van der Waals surface area (Å²) in [5.41, 5.74) is 1.22. The standard InChI is InChI=1S/C14H9F2N3O2.C12H7F2N3O/c1-8(20)19-12-5-14(17-6-9(12)7-18-19)21-13-3-2-10(15)4-11(13)16;13-8-1-2-11(9(14)3-8)18-12-4-10-7(5-15-12)6-16-17-10/h2-7H,1H3;1-6H,(H,16,17). The first-order valence-corrected chi connectivity index (χ1v) is 11.2. The van der Waals surface area contributed by atoms with E-state index in [4.69, 9.17) is 9.47 Å². The Bertz CT molecular complexity index is 1820. The Labute approximate surface area is 216 Å². The first-order valence-electron chi connectivity index (χ1n) is 11.2. The average Bonchev–Trinajstić information content (AvgIpc) is 3.54. The minimum absolute atomic E-state index is 0.0796. The van der Waals surface area contributed by atoms with Crippen LogP contribution in [0.2, 0.25) is 0 Å². The molecule has 0 saturated heterocycles. The molecule has 0 unspecified atom stereocenters. The molecule has 0 spiro atoms. The summed E-state index contributed by atoms with van der Waals surface area (Å²) >= 11 is 0. The van der Waals surface area contributed by atoms with Crippen LogP contribution in [0.3, 0.4) is 0 Å². The molecule has 1 N–H and O–H groups in total. The number of halogens is 4. The van der Waals surface area contributed by atoms with Gasteiger partial charge in [-0.15, -0.1) is 0 Å². The van der Waals surface area contributed by atoms with Gasteiger partial charge in [-0.05, 0) is 24.3 Å². The number of carbonyl (C=O) groups is 1. The Balaban J connectivity index is 0.000000160. The van der Waals surface area contributed by atoms with Gasteiger partial charge in [0.25, 0.3) is 0 Å². The largest absolute Gasteiger partial charge is 0.436 e. The van der Waals surface area contributed by atoms with E-state index in [2.05, 4.69) is 25.3 Å². The first-order chi connectivity index (χ1) is 18.8. The fraction of sp³-hybridized carbons (Fsp3) is 0.0385. The summed E-state index contributed by atoms with van der Waals surface area (Å²) in [6.07, 6.45) is 6.12. The quantitative estimate of drug-likeness (QED) is 0.268. The van der Waals surface area contributed by atoms with Crippen LogP contribution in [-0.4, -0.2) is 35.9 Å². The highest BCUT2D eigenvalue weighted by Gasteiger charge is 2.12. The van der Waals surface area contributed by atoms with Gasteiger partial charge in [0.2, 0.25) is 17.7 Å². The van der Waals surface area contributed by atoms with Crippen molar-refractivity contribution in [1.82, 2.24) is 29.9 Å². The van der Waals surface area contributed by atoms with E-state index in [0.29, 0.717) is 17.0 Å². The lowest BCUT2D eigenvalue weighted by Gasteiger charge is -2.06. The maximum atomic E-state index is 13.5. The van der Waals surface area contributed by atoms with Crippen molar-refractivity contribution in [2.24, 2.45) is 0 Å². The Morgan fingerprint density at radius 3 is 1.95 bits per heavy atom. The molecule has 0 amide bonds. The second-order valence-corrected chi connectivity index (χ2v) is 7.99. The van der Waals surface area contributed by atoms with Crippen molar-refractivity contribution in [1.29, 1.82) is 0 Å². The first kappa shape index (κ1) is 25.3. The summed E-state index contributed by atoms with van der Waals surface area (Å²) in [7, 11) is 0. The van der Waals surface area contributed by atoms with E-state index < -0.39 is 23.3 Å². The zero-order chi connectivity index (χ0) is 27.5. The number of hydrogen-bond acceptors (Lipinski definition) is 7. The van der Waals surface area contributed by atoms with Crippen molar-refractivity contribution in [3.05, 3.63) is 96.6 Å². The van der Waals surface area contributed by atoms with Gasteiger partial charge in [-0.25, -0.2) is 32.2 Å². The highest BCUT2D eigenvalue weighted by molar-refractivity contribution is 5.89. The van der Waals surface area contributed by atoms with E-state index >= 15 is 0 Å². The van der Waals surface area contributed by atoms with E-state index in [-0.39, 0.29) is 29.2 Å². The van der Waals surface area contributed by atoms with Crippen molar-refractivity contribution < 1.29 is 31.8 Å². The topological polar surface area (TPSA) is 108 Å². The molecular formula is C26H16F4N6O3. The third kappa shape index (κ3) is 5.66. The molecule has 6 aromatic rings. The lowest BCUT2D eigenvalue weighted by atomic mass is 10.3. The fourth-order valence-corrected chi connectivity index (χ4v) is 3.42. The van der Waals surface area contributed by atoms with Gasteiger partial charge in [-0.3, -0.25) is 9.89 Å². The molecule has 2 aromatic carbocycles. The third-order valence-corrected chi connectivity index (χ3v) is 5.24. The molecule has 4 heterocycles. The number of ether oxygens (including phenoxy) is 2. The number of benzene rings is 2. The van der Waals surface area contributed by atoms with Crippen LogP contribution in [0.15, 0.2) is 73.3 Å². The average molecular weight is 536 g/mol. The summed E-state index contributed by atoms with van der Waals surface area (Å²) in [5.74, 6) is -3.18. The summed E-state index contributed by atoms with van der Waals surface area (Å²) in [6, 6.07) is 9.10. The van der Waals surface area contributed by atoms with Gasteiger partial charge in [-0.1, -0.05) is 0 Å². The number of aromatic amines is 1. The van der Waals surface area contributed by atoms with Crippen molar-refractivity contribution in [3.8, 4) is 23.3 Å². The summed E-state index contributed by atoms with van der Waals surface area (Å²) in [6.45, 7) is 1.37. The van der Waals surface area contributed by atoms with Gasteiger partial charge in [0.05, 0.1) is 23.4 Å². The van der Waals surface area contributed by atoms with Gasteiger partial charge in [0.15, 0.2) is 23.1 Å². The molecule has 0 fully saturated rings. The third-order valence-electron chi connectivity index (χ3n) is 5.24. The second kappa shape index (κ2) is 10.6. The molecule has 0 aliphatic heterocycles. The summed E-state index contributed by atoms with van der Waals surface area (Å²) in [5, 5.41) is 12.0. The Morgan fingerprint density at radius 2 is 1.36 bits per heavy atom. The number of H-pyrrole nitrogens is 1. The Morgan fingerprint density at radius 1 is 0.769 bits per heavy atom. The van der Waals surface area contributed by atoms with Crippen LogP contribution < -0.4 is 9.47 Å². The van der Waals surface area contributed by atoms with Crippen LogP contribution in [-0.2, 0) is 0 Å². The van der Waals surface area contributed by atoms with Crippen molar-refractivity contribution >= 4 is 27.7 Å². The maximum absolute atomic E-state index is 13.5. The molecule has 0 saturated carbocycles. The van der Waals surface area contributed by atoms with Gasteiger partial charge in [-0.2, -0.15) is 10.2 Å². The smallest absolute Gasteiger partial charge is 0.244 e. The molecular weight excluding hydrogens is 520 g/mol.